The highest BCUT2D eigenvalue weighted by atomic mass is 35.5. The molecular formula is C30H45ClN4O3. The standard InChI is InChI=1S/C30H45ClN4O3/c1-23-17-27(7-8-28(23)31)38-22-30(19-29(36)34-13-11-32(4)12-14-34)9-6-10-33(21-30)20-26-18-24(2)35(25(26)3)15-16-37-5/h7-8,17-18H,6,9-16,19-22H2,1-5H3. The third kappa shape index (κ3) is 7.12. The van der Waals surface area contributed by atoms with E-state index in [1.165, 1.54) is 17.0 Å². The molecule has 0 saturated carbocycles. The van der Waals surface area contributed by atoms with Crippen molar-refractivity contribution in [1.29, 1.82) is 0 Å². The molecule has 2 fully saturated rings. The first-order valence-corrected chi connectivity index (χ1v) is 14.3. The lowest BCUT2D eigenvalue weighted by Crippen LogP contribution is -2.52. The maximum atomic E-state index is 13.6. The number of hydrogen-bond donors (Lipinski definition) is 0. The first-order valence-electron chi connectivity index (χ1n) is 13.9. The van der Waals surface area contributed by atoms with Gasteiger partial charge in [-0.3, -0.25) is 9.69 Å². The number of ether oxygens (including phenoxy) is 2. The van der Waals surface area contributed by atoms with E-state index in [2.05, 4.69) is 46.2 Å². The summed E-state index contributed by atoms with van der Waals surface area (Å²) in [7, 11) is 3.87. The predicted octanol–water partition coefficient (Wildman–Crippen LogP) is 4.54. The number of aryl methyl sites for hydroxylation is 2. The van der Waals surface area contributed by atoms with Crippen molar-refractivity contribution in [3.63, 3.8) is 0 Å². The lowest BCUT2D eigenvalue weighted by molar-refractivity contribution is -0.137. The van der Waals surface area contributed by atoms with Gasteiger partial charge >= 0.3 is 0 Å². The van der Waals surface area contributed by atoms with Crippen LogP contribution in [0.3, 0.4) is 0 Å². The number of hydrogen-bond acceptors (Lipinski definition) is 5. The highest BCUT2D eigenvalue weighted by Gasteiger charge is 2.40. The summed E-state index contributed by atoms with van der Waals surface area (Å²) < 4.78 is 14.1. The second kappa shape index (κ2) is 12.9. The Hall–Kier alpha value is -2.06. The lowest BCUT2D eigenvalue weighted by Gasteiger charge is -2.43. The van der Waals surface area contributed by atoms with E-state index in [9.17, 15) is 4.79 Å². The van der Waals surface area contributed by atoms with E-state index in [0.29, 0.717) is 19.6 Å². The van der Waals surface area contributed by atoms with Gasteiger partial charge in [0.2, 0.25) is 5.91 Å². The third-order valence-corrected chi connectivity index (χ3v) is 8.81. The number of likely N-dealkylation sites (tertiary alicyclic amines) is 1. The van der Waals surface area contributed by atoms with Crippen molar-refractivity contribution >= 4 is 17.5 Å². The topological polar surface area (TPSA) is 50.2 Å². The van der Waals surface area contributed by atoms with Crippen LogP contribution in [0.4, 0.5) is 0 Å². The molecule has 2 saturated heterocycles. The van der Waals surface area contributed by atoms with Crippen molar-refractivity contribution in [3.05, 3.63) is 51.8 Å². The molecule has 4 rings (SSSR count). The molecule has 1 aromatic carbocycles. The minimum atomic E-state index is -0.228. The summed E-state index contributed by atoms with van der Waals surface area (Å²) in [5.74, 6) is 1.07. The summed E-state index contributed by atoms with van der Waals surface area (Å²) in [5, 5.41) is 0.740. The molecule has 1 unspecified atom stereocenters. The number of piperidine rings is 1. The molecule has 2 aromatic rings. The quantitative estimate of drug-likeness (QED) is 0.439. The summed E-state index contributed by atoms with van der Waals surface area (Å²) in [5.41, 5.74) is 4.70. The predicted molar refractivity (Wildman–Crippen MR) is 153 cm³/mol. The average molecular weight is 545 g/mol. The van der Waals surface area contributed by atoms with Gasteiger partial charge in [0.05, 0.1) is 13.2 Å². The molecule has 2 aliphatic rings. The Bertz CT molecular complexity index is 1100. The Morgan fingerprint density at radius 1 is 1.08 bits per heavy atom. The van der Waals surface area contributed by atoms with Crippen molar-refractivity contribution in [1.82, 2.24) is 19.3 Å². The zero-order valence-electron chi connectivity index (χ0n) is 23.9. The van der Waals surface area contributed by atoms with Crippen LogP contribution in [-0.4, -0.2) is 91.8 Å². The maximum absolute atomic E-state index is 13.6. The normalized spacial score (nSPS) is 21.2. The molecule has 1 aromatic heterocycles. The Morgan fingerprint density at radius 2 is 1.84 bits per heavy atom. The number of carbonyl (C=O) groups excluding carboxylic acids is 1. The van der Waals surface area contributed by atoms with Gasteiger partial charge in [0.1, 0.15) is 5.75 Å². The molecule has 0 spiro atoms. The van der Waals surface area contributed by atoms with Crippen molar-refractivity contribution < 1.29 is 14.3 Å². The second-order valence-corrected chi connectivity index (χ2v) is 11.8. The Morgan fingerprint density at radius 3 is 2.55 bits per heavy atom. The molecule has 0 N–H and O–H groups in total. The molecule has 7 nitrogen and oxygen atoms in total. The molecule has 3 heterocycles. The van der Waals surface area contributed by atoms with E-state index >= 15 is 0 Å². The zero-order chi connectivity index (χ0) is 27.3. The van der Waals surface area contributed by atoms with Crippen LogP contribution in [0, 0.1) is 26.2 Å². The van der Waals surface area contributed by atoms with Crippen LogP contribution in [0.25, 0.3) is 0 Å². The number of halogens is 1. The fraction of sp³-hybridized carbons (Fsp3) is 0.633. The number of methoxy groups -OCH3 is 1. The van der Waals surface area contributed by atoms with Crippen molar-refractivity contribution in [2.75, 3.05) is 66.6 Å². The molecule has 1 atom stereocenters. The van der Waals surface area contributed by atoms with E-state index in [1.807, 2.05) is 25.1 Å². The molecule has 0 aliphatic carbocycles. The highest BCUT2D eigenvalue weighted by molar-refractivity contribution is 6.31. The minimum absolute atomic E-state index is 0.228. The highest BCUT2D eigenvalue weighted by Crippen LogP contribution is 2.36. The van der Waals surface area contributed by atoms with Crippen molar-refractivity contribution in [3.8, 4) is 5.75 Å². The molecule has 2 aliphatic heterocycles. The number of piperazine rings is 1. The number of benzene rings is 1. The first kappa shape index (κ1) is 28.9. The molecule has 0 radical (unpaired) electrons. The van der Waals surface area contributed by atoms with Gasteiger partial charge in [-0.25, -0.2) is 0 Å². The molecule has 210 valence electrons. The Kier molecular flexibility index (Phi) is 9.79. The molecule has 38 heavy (non-hydrogen) atoms. The van der Waals surface area contributed by atoms with Crippen LogP contribution >= 0.6 is 11.6 Å². The van der Waals surface area contributed by atoms with Gasteiger partial charge in [-0.2, -0.15) is 0 Å². The maximum Gasteiger partial charge on any atom is 0.223 e. The summed E-state index contributed by atoms with van der Waals surface area (Å²) in [4.78, 5) is 20.4. The van der Waals surface area contributed by atoms with Crippen LogP contribution in [0.2, 0.25) is 5.02 Å². The third-order valence-electron chi connectivity index (χ3n) is 8.39. The summed E-state index contributed by atoms with van der Waals surface area (Å²) in [6, 6.07) is 8.12. The molecule has 1 amide bonds. The van der Waals surface area contributed by atoms with Crippen LogP contribution in [0.15, 0.2) is 24.3 Å². The number of nitrogens with zero attached hydrogens (tertiary/aromatic N) is 4. The van der Waals surface area contributed by atoms with Crippen LogP contribution in [0.1, 0.15) is 41.8 Å². The molecule has 0 bridgehead atoms. The SMILES string of the molecule is COCCn1c(C)cc(CN2CCCC(COc3ccc(Cl)c(C)c3)(CC(=O)N3CCN(C)CC3)C2)c1C. The van der Waals surface area contributed by atoms with Gasteiger partial charge < -0.3 is 23.8 Å². The van der Waals surface area contributed by atoms with E-state index in [4.69, 9.17) is 21.1 Å². The van der Waals surface area contributed by atoms with E-state index in [1.54, 1.807) is 7.11 Å². The van der Waals surface area contributed by atoms with Crippen molar-refractivity contribution in [2.45, 2.75) is 53.1 Å². The van der Waals surface area contributed by atoms with Gasteiger partial charge in [-0.1, -0.05) is 11.6 Å². The first-order chi connectivity index (χ1) is 18.2. The van der Waals surface area contributed by atoms with E-state index in [-0.39, 0.29) is 11.3 Å². The van der Waals surface area contributed by atoms with Gasteiger partial charge in [0, 0.05) is 81.2 Å². The summed E-state index contributed by atoms with van der Waals surface area (Å²) >= 11 is 6.25. The van der Waals surface area contributed by atoms with Crippen LogP contribution in [0.5, 0.6) is 5.75 Å². The fourth-order valence-electron chi connectivity index (χ4n) is 5.99. The van der Waals surface area contributed by atoms with Gasteiger partial charge in [-0.05, 0) is 82.6 Å². The van der Waals surface area contributed by atoms with Crippen molar-refractivity contribution in [2.24, 2.45) is 5.41 Å². The number of amides is 1. The van der Waals surface area contributed by atoms with Gasteiger partial charge in [0.15, 0.2) is 0 Å². The number of aromatic nitrogens is 1. The minimum Gasteiger partial charge on any atom is -0.493 e. The Labute approximate surface area is 233 Å². The number of rotatable bonds is 10. The van der Waals surface area contributed by atoms with Crippen LogP contribution in [-0.2, 0) is 22.6 Å². The van der Waals surface area contributed by atoms with E-state index < -0.39 is 0 Å². The largest absolute Gasteiger partial charge is 0.493 e. The molecular weight excluding hydrogens is 500 g/mol. The fourth-order valence-corrected chi connectivity index (χ4v) is 6.11. The Balaban J connectivity index is 1.51. The van der Waals surface area contributed by atoms with Gasteiger partial charge in [-0.15, -0.1) is 0 Å². The summed E-state index contributed by atoms with van der Waals surface area (Å²) in [6.45, 7) is 14.7. The van der Waals surface area contributed by atoms with Crippen LogP contribution < -0.4 is 4.74 Å². The summed E-state index contributed by atoms with van der Waals surface area (Å²) in [6.07, 6.45) is 2.57. The monoisotopic (exact) mass is 544 g/mol. The van der Waals surface area contributed by atoms with Gasteiger partial charge in [0.25, 0.3) is 0 Å². The molecule has 8 heteroatoms. The number of carbonyl (C=O) groups is 1. The lowest BCUT2D eigenvalue weighted by atomic mass is 9.77. The second-order valence-electron chi connectivity index (χ2n) is 11.4. The number of likely N-dealkylation sites (N-methyl/N-ethyl adjacent to an activating group) is 1. The average Bonchev–Trinajstić information content (AvgIpc) is 3.15. The smallest absolute Gasteiger partial charge is 0.223 e. The zero-order valence-corrected chi connectivity index (χ0v) is 24.6. The van der Waals surface area contributed by atoms with E-state index in [0.717, 1.165) is 81.5 Å².